The molecule has 0 aliphatic carbocycles. The van der Waals surface area contributed by atoms with Crippen LogP contribution in [0.1, 0.15) is 0 Å². The van der Waals surface area contributed by atoms with Crippen LogP contribution in [-0.4, -0.2) is 28.9 Å². The monoisotopic (exact) mass is 134 g/mol. The van der Waals surface area contributed by atoms with Crippen LogP contribution >= 0.6 is 11.8 Å². The Kier molecular flexibility index (Phi) is 1.75. The van der Waals surface area contributed by atoms with Crippen LogP contribution in [0.4, 0.5) is 0 Å². The van der Waals surface area contributed by atoms with Crippen molar-refractivity contribution in [2.45, 2.75) is 5.44 Å². The molecule has 0 radical (unpaired) electrons. The van der Waals surface area contributed by atoms with E-state index in [1.165, 1.54) is 11.8 Å². The summed E-state index contributed by atoms with van der Waals surface area (Å²) < 4.78 is 4.78. The number of hydrogen-bond donors (Lipinski definition) is 1. The molecule has 1 aliphatic rings. The maximum atomic E-state index is 10.1. The van der Waals surface area contributed by atoms with Crippen LogP contribution in [0.2, 0.25) is 0 Å². The van der Waals surface area contributed by atoms with Gasteiger partial charge in [0.1, 0.15) is 0 Å². The Morgan fingerprint density at radius 3 is 2.88 bits per heavy atom. The van der Waals surface area contributed by atoms with Crippen molar-refractivity contribution >= 4 is 17.7 Å². The molecule has 1 heterocycles. The molecule has 0 spiro atoms. The van der Waals surface area contributed by atoms with Gasteiger partial charge in [0.15, 0.2) is 0 Å². The van der Waals surface area contributed by atoms with Gasteiger partial charge in [0.2, 0.25) is 5.44 Å². The summed E-state index contributed by atoms with van der Waals surface area (Å²) in [5.41, 5.74) is -0.602. The molecule has 0 bridgehead atoms. The smallest absolute Gasteiger partial charge is 0.343 e. The summed E-state index contributed by atoms with van der Waals surface area (Å²) in [4.78, 5) is 10.1. The second-order valence-electron chi connectivity index (χ2n) is 1.41. The van der Waals surface area contributed by atoms with E-state index in [0.717, 1.165) is 5.75 Å². The number of carboxylic acids is 1. The summed E-state index contributed by atoms with van der Waals surface area (Å²) in [6.07, 6.45) is 0. The number of rotatable bonds is 1. The maximum Gasteiger partial charge on any atom is 0.343 e. The number of carbonyl (C=O) groups is 1. The molecule has 0 amide bonds. The Labute approximate surface area is 51.0 Å². The van der Waals surface area contributed by atoms with Crippen molar-refractivity contribution in [1.82, 2.24) is 0 Å². The molecular formula is C4H6O3S. The summed E-state index contributed by atoms with van der Waals surface area (Å²) in [6, 6.07) is 0. The van der Waals surface area contributed by atoms with Gasteiger partial charge in [-0.15, -0.1) is 11.8 Å². The molecule has 4 heteroatoms. The van der Waals surface area contributed by atoms with Gasteiger partial charge < -0.3 is 9.84 Å². The normalized spacial score (nSPS) is 28.2. The van der Waals surface area contributed by atoms with Gasteiger partial charge in [-0.2, -0.15) is 0 Å². The highest BCUT2D eigenvalue weighted by Crippen LogP contribution is 2.18. The summed E-state index contributed by atoms with van der Waals surface area (Å²) in [5.74, 6) is -0.0655. The van der Waals surface area contributed by atoms with E-state index in [-0.39, 0.29) is 0 Å². The van der Waals surface area contributed by atoms with Gasteiger partial charge in [0, 0.05) is 5.75 Å². The Balaban J connectivity index is 2.35. The van der Waals surface area contributed by atoms with E-state index in [0.29, 0.717) is 6.61 Å². The number of aliphatic carboxylic acids is 1. The van der Waals surface area contributed by atoms with Crippen LogP contribution in [0.5, 0.6) is 0 Å². The summed E-state index contributed by atoms with van der Waals surface area (Å²) in [6.45, 7) is 0.571. The van der Waals surface area contributed by atoms with Crippen molar-refractivity contribution < 1.29 is 14.6 Å². The number of ether oxygens (including phenoxy) is 1. The van der Waals surface area contributed by atoms with Crippen molar-refractivity contribution in [2.75, 3.05) is 12.4 Å². The fourth-order valence-electron chi connectivity index (χ4n) is 0.501. The summed E-state index contributed by atoms with van der Waals surface area (Å²) in [7, 11) is 0. The van der Waals surface area contributed by atoms with E-state index in [4.69, 9.17) is 9.84 Å². The lowest BCUT2D eigenvalue weighted by Gasteiger charge is -1.97. The Morgan fingerprint density at radius 1 is 1.88 bits per heavy atom. The average molecular weight is 134 g/mol. The molecule has 46 valence electrons. The first-order valence-electron chi connectivity index (χ1n) is 2.27. The molecule has 8 heavy (non-hydrogen) atoms. The maximum absolute atomic E-state index is 10.1. The standard InChI is InChI=1S/C4H6O3S/c5-3(6)4-7-1-2-8-4/h4H,1-2H2,(H,5,6). The third kappa shape index (κ3) is 1.14. The molecule has 1 fully saturated rings. The average Bonchev–Trinajstić information content (AvgIpc) is 2.12. The molecule has 0 saturated carbocycles. The molecule has 1 aliphatic heterocycles. The van der Waals surface area contributed by atoms with Crippen molar-refractivity contribution in [2.24, 2.45) is 0 Å². The van der Waals surface area contributed by atoms with Gasteiger partial charge in [-0.25, -0.2) is 4.79 Å². The third-order valence-corrected chi connectivity index (χ3v) is 1.87. The van der Waals surface area contributed by atoms with Crippen LogP contribution in [0.25, 0.3) is 0 Å². The fourth-order valence-corrected chi connectivity index (χ4v) is 1.24. The van der Waals surface area contributed by atoms with E-state index < -0.39 is 11.4 Å². The molecule has 0 aromatic carbocycles. The zero-order valence-corrected chi connectivity index (χ0v) is 4.98. The van der Waals surface area contributed by atoms with Gasteiger partial charge in [0.05, 0.1) is 6.61 Å². The van der Waals surface area contributed by atoms with Crippen molar-refractivity contribution in [3.8, 4) is 0 Å². The first kappa shape index (κ1) is 5.91. The molecule has 0 aromatic rings. The SMILES string of the molecule is O=C(O)C1OCCS1. The first-order chi connectivity index (χ1) is 3.80. The van der Waals surface area contributed by atoms with E-state index in [1.807, 2.05) is 0 Å². The quantitative estimate of drug-likeness (QED) is 0.555. The lowest BCUT2D eigenvalue weighted by molar-refractivity contribution is -0.143. The van der Waals surface area contributed by atoms with Crippen LogP contribution in [-0.2, 0) is 9.53 Å². The fraction of sp³-hybridized carbons (Fsp3) is 0.750. The molecule has 0 aromatic heterocycles. The van der Waals surface area contributed by atoms with Crippen LogP contribution in [0.15, 0.2) is 0 Å². The molecule has 1 saturated heterocycles. The Morgan fingerprint density at radius 2 is 2.62 bits per heavy atom. The van der Waals surface area contributed by atoms with Crippen molar-refractivity contribution in [3.63, 3.8) is 0 Å². The topological polar surface area (TPSA) is 46.5 Å². The Hall–Kier alpha value is -0.220. The molecule has 1 atom stereocenters. The zero-order chi connectivity index (χ0) is 5.98. The largest absolute Gasteiger partial charge is 0.479 e. The zero-order valence-electron chi connectivity index (χ0n) is 4.16. The minimum Gasteiger partial charge on any atom is -0.479 e. The van der Waals surface area contributed by atoms with Gasteiger partial charge >= 0.3 is 5.97 Å². The number of thioether (sulfide) groups is 1. The minimum absolute atomic E-state index is 0.571. The number of carboxylic acid groups (broad SMARTS) is 1. The minimum atomic E-state index is -0.868. The van der Waals surface area contributed by atoms with Gasteiger partial charge in [-0.1, -0.05) is 0 Å². The number of hydrogen-bond acceptors (Lipinski definition) is 3. The molecule has 3 nitrogen and oxygen atoms in total. The lowest BCUT2D eigenvalue weighted by atomic mass is 10.7. The van der Waals surface area contributed by atoms with Crippen LogP contribution in [0, 0.1) is 0 Å². The first-order valence-corrected chi connectivity index (χ1v) is 3.31. The van der Waals surface area contributed by atoms with Crippen molar-refractivity contribution in [3.05, 3.63) is 0 Å². The summed E-state index contributed by atoms with van der Waals surface area (Å²) in [5, 5.41) is 8.27. The third-order valence-electron chi connectivity index (χ3n) is 0.823. The predicted octanol–water partition coefficient (Wildman–Crippen LogP) is 0.160. The molecule has 1 rings (SSSR count). The lowest BCUT2D eigenvalue weighted by Crippen LogP contribution is -2.14. The van der Waals surface area contributed by atoms with E-state index >= 15 is 0 Å². The van der Waals surface area contributed by atoms with Gasteiger partial charge in [-0.05, 0) is 0 Å². The predicted molar refractivity (Wildman–Crippen MR) is 29.8 cm³/mol. The highest BCUT2D eigenvalue weighted by atomic mass is 32.2. The molecular weight excluding hydrogens is 128 g/mol. The van der Waals surface area contributed by atoms with Crippen LogP contribution in [0.3, 0.4) is 0 Å². The van der Waals surface area contributed by atoms with Crippen LogP contribution < -0.4 is 0 Å². The van der Waals surface area contributed by atoms with Crippen molar-refractivity contribution in [1.29, 1.82) is 0 Å². The second-order valence-corrected chi connectivity index (χ2v) is 2.58. The summed E-state index contributed by atoms with van der Waals surface area (Å²) >= 11 is 1.33. The van der Waals surface area contributed by atoms with E-state index in [1.54, 1.807) is 0 Å². The van der Waals surface area contributed by atoms with Gasteiger partial charge in [-0.3, -0.25) is 0 Å². The highest BCUT2D eigenvalue weighted by molar-refractivity contribution is 8.00. The molecule has 1 N–H and O–H groups in total. The Bertz CT molecular complexity index is 97.5. The van der Waals surface area contributed by atoms with E-state index in [2.05, 4.69) is 0 Å². The van der Waals surface area contributed by atoms with Gasteiger partial charge in [0.25, 0.3) is 0 Å². The molecule has 1 unspecified atom stereocenters. The second kappa shape index (κ2) is 2.37. The van der Waals surface area contributed by atoms with E-state index in [9.17, 15) is 4.79 Å². The highest BCUT2D eigenvalue weighted by Gasteiger charge is 2.22.